The first kappa shape index (κ1) is 27.6. The maximum Gasteiger partial charge on any atom is 0.329 e. The van der Waals surface area contributed by atoms with Crippen LogP contribution in [-0.2, 0) is 43.6 Å². The average molecular weight is 528 g/mol. The van der Waals surface area contributed by atoms with Crippen molar-refractivity contribution in [2.75, 3.05) is 0 Å². The molecular weight excluding hydrogens is 494 g/mol. The zero-order valence-electron chi connectivity index (χ0n) is 22.1. The van der Waals surface area contributed by atoms with Crippen LogP contribution in [0.5, 0.6) is 0 Å². The third-order valence-electron chi connectivity index (χ3n) is 6.41. The normalized spacial score (nSPS) is 12.6. The highest BCUT2D eigenvalue weighted by Gasteiger charge is 2.34. The van der Waals surface area contributed by atoms with Crippen LogP contribution in [0.15, 0.2) is 91.1 Å². The number of para-hydroxylation sites is 1. The summed E-state index contributed by atoms with van der Waals surface area (Å²) in [6.45, 7) is 3.77. The molecule has 3 N–H and O–H groups in total. The van der Waals surface area contributed by atoms with Crippen LogP contribution < -0.4 is 10.8 Å². The lowest BCUT2D eigenvalue weighted by Crippen LogP contribution is -2.50. The van der Waals surface area contributed by atoms with Gasteiger partial charge in [-0.05, 0) is 28.7 Å². The van der Waals surface area contributed by atoms with Crippen molar-refractivity contribution in [3.8, 4) is 0 Å². The Bertz CT molecular complexity index is 1390. The first-order valence-electron chi connectivity index (χ1n) is 12.9. The Hall–Kier alpha value is -4.43. The molecule has 2 amide bonds. The third-order valence-corrected chi connectivity index (χ3v) is 6.41. The smallest absolute Gasteiger partial charge is 0.329 e. The van der Waals surface area contributed by atoms with E-state index in [9.17, 15) is 14.4 Å². The number of fused-ring (bicyclic) bond motifs is 1. The van der Waals surface area contributed by atoms with Gasteiger partial charge >= 0.3 is 5.97 Å². The summed E-state index contributed by atoms with van der Waals surface area (Å²) in [4.78, 5) is 48.1. The van der Waals surface area contributed by atoms with Crippen molar-refractivity contribution < 1.29 is 24.0 Å². The number of aromatic nitrogens is 1. The van der Waals surface area contributed by atoms with E-state index in [-0.39, 0.29) is 25.6 Å². The minimum absolute atomic E-state index is 0.0708. The monoisotopic (exact) mass is 527 g/mol. The largest absolute Gasteiger partial charge is 0.459 e. The first-order valence-corrected chi connectivity index (χ1v) is 12.9. The van der Waals surface area contributed by atoms with Gasteiger partial charge in [-0.15, -0.1) is 0 Å². The lowest BCUT2D eigenvalue weighted by Gasteiger charge is -2.23. The number of esters is 1. The molecular formula is C31H33N3O5. The third kappa shape index (κ3) is 7.55. The van der Waals surface area contributed by atoms with Crippen molar-refractivity contribution in [3.05, 3.63) is 108 Å². The van der Waals surface area contributed by atoms with E-state index >= 15 is 0 Å². The van der Waals surface area contributed by atoms with Gasteiger partial charge in [0.05, 0.1) is 6.61 Å². The summed E-state index contributed by atoms with van der Waals surface area (Å²) >= 11 is 0. The first-order chi connectivity index (χ1) is 18.9. The molecule has 0 bridgehead atoms. The number of hydrogen-bond acceptors (Lipinski definition) is 5. The van der Waals surface area contributed by atoms with Crippen LogP contribution in [0, 0.1) is 11.8 Å². The molecule has 39 heavy (non-hydrogen) atoms. The zero-order chi connectivity index (χ0) is 27.6. The molecule has 8 nitrogen and oxygen atoms in total. The van der Waals surface area contributed by atoms with Crippen molar-refractivity contribution in [3.63, 3.8) is 0 Å². The van der Waals surface area contributed by atoms with Crippen molar-refractivity contribution in [2.24, 2.45) is 11.8 Å². The summed E-state index contributed by atoms with van der Waals surface area (Å²) in [7, 11) is 0. The standard InChI is InChI=1S/C31H33N3O5/c1-21(2)28(30(36)34-39-20-23-13-7-4-8-14-23)29(35)33-27(31(37)38-19-22-11-5-3-6-12-22)17-24-18-32-26-16-10-9-15-25(24)26/h3-16,18,21,27-28,32H,17,19-20H2,1-2H3,(H,33,35)(H,34,36)/t27-,28?/m0/s1. The number of hydroxylamine groups is 1. The molecule has 0 saturated heterocycles. The molecule has 4 aromatic rings. The Morgan fingerprint density at radius 2 is 1.41 bits per heavy atom. The number of hydrogen-bond donors (Lipinski definition) is 3. The highest BCUT2D eigenvalue weighted by atomic mass is 16.6. The van der Waals surface area contributed by atoms with E-state index in [4.69, 9.17) is 9.57 Å². The van der Waals surface area contributed by atoms with Gasteiger partial charge < -0.3 is 15.0 Å². The number of benzene rings is 3. The Labute approximate surface area is 227 Å². The quantitative estimate of drug-likeness (QED) is 0.143. The molecule has 0 saturated carbocycles. The Kier molecular flexibility index (Phi) is 9.48. The van der Waals surface area contributed by atoms with E-state index in [1.807, 2.05) is 91.1 Å². The minimum atomic E-state index is -1.08. The van der Waals surface area contributed by atoms with Crippen molar-refractivity contribution in [2.45, 2.75) is 39.5 Å². The fourth-order valence-corrected chi connectivity index (χ4v) is 4.36. The van der Waals surface area contributed by atoms with Gasteiger partial charge in [0.1, 0.15) is 18.6 Å². The molecule has 1 heterocycles. The van der Waals surface area contributed by atoms with Crippen LogP contribution in [0.3, 0.4) is 0 Å². The number of ether oxygens (including phenoxy) is 1. The molecule has 4 rings (SSSR count). The van der Waals surface area contributed by atoms with E-state index in [0.717, 1.165) is 27.6 Å². The maximum absolute atomic E-state index is 13.4. The molecule has 0 aliphatic carbocycles. The number of rotatable bonds is 12. The molecule has 0 fully saturated rings. The van der Waals surface area contributed by atoms with Gasteiger partial charge in [-0.1, -0.05) is 92.7 Å². The van der Waals surface area contributed by atoms with E-state index < -0.39 is 29.7 Å². The number of amides is 2. The molecule has 0 radical (unpaired) electrons. The second-order valence-corrected chi connectivity index (χ2v) is 9.68. The lowest BCUT2D eigenvalue weighted by atomic mass is 9.93. The second kappa shape index (κ2) is 13.4. The van der Waals surface area contributed by atoms with Gasteiger partial charge in [-0.25, -0.2) is 10.3 Å². The molecule has 2 atom stereocenters. The fraction of sp³-hybridized carbons (Fsp3) is 0.258. The predicted octanol–water partition coefficient (Wildman–Crippen LogP) is 4.46. The SMILES string of the molecule is CC(C)C(C(=O)NOCc1ccccc1)C(=O)N[C@@H](Cc1c[nH]c2ccccc12)C(=O)OCc1ccccc1. The predicted molar refractivity (Wildman–Crippen MR) is 148 cm³/mol. The Balaban J connectivity index is 1.46. The number of carbonyl (C=O) groups excluding carboxylic acids is 3. The fourth-order valence-electron chi connectivity index (χ4n) is 4.36. The van der Waals surface area contributed by atoms with Crippen LogP contribution in [0.1, 0.15) is 30.5 Å². The van der Waals surface area contributed by atoms with Gasteiger partial charge in [0, 0.05) is 23.5 Å². The summed E-state index contributed by atoms with van der Waals surface area (Å²) in [5.74, 6) is -3.16. The highest BCUT2D eigenvalue weighted by molar-refractivity contribution is 6.01. The molecule has 0 spiro atoms. The van der Waals surface area contributed by atoms with Gasteiger partial charge in [0.15, 0.2) is 0 Å². The van der Waals surface area contributed by atoms with Gasteiger partial charge in [-0.3, -0.25) is 14.4 Å². The van der Waals surface area contributed by atoms with Crippen LogP contribution >= 0.6 is 0 Å². The molecule has 3 aromatic carbocycles. The number of nitrogens with one attached hydrogen (secondary N) is 3. The maximum atomic E-state index is 13.4. The minimum Gasteiger partial charge on any atom is -0.459 e. The molecule has 1 aromatic heterocycles. The van der Waals surface area contributed by atoms with Crippen LogP contribution in [-0.4, -0.2) is 28.8 Å². The molecule has 8 heteroatoms. The van der Waals surface area contributed by atoms with E-state index in [0.29, 0.717) is 0 Å². The molecule has 0 aliphatic rings. The topological polar surface area (TPSA) is 110 Å². The van der Waals surface area contributed by atoms with Gasteiger partial charge in [0.25, 0.3) is 5.91 Å². The van der Waals surface area contributed by atoms with Crippen LogP contribution in [0.4, 0.5) is 0 Å². The van der Waals surface area contributed by atoms with Crippen LogP contribution in [0.25, 0.3) is 10.9 Å². The summed E-state index contributed by atoms with van der Waals surface area (Å²) in [5, 5.41) is 3.73. The van der Waals surface area contributed by atoms with Gasteiger partial charge in [0.2, 0.25) is 5.91 Å². The number of aromatic amines is 1. The Morgan fingerprint density at radius 1 is 0.795 bits per heavy atom. The summed E-state index contributed by atoms with van der Waals surface area (Å²) < 4.78 is 5.58. The molecule has 0 aliphatic heterocycles. The zero-order valence-corrected chi connectivity index (χ0v) is 22.1. The summed E-state index contributed by atoms with van der Waals surface area (Å²) in [6.07, 6.45) is 2.01. The molecule has 202 valence electrons. The number of carbonyl (C=O) groups is 3. The van der Waals surface area contributed by atoms with Crippen LogP contribution in [0.2, 0.25) is 0 Å². The molecule has 1 unspecified atom stereocenters. The average Bonchev–Trinajstić information content (AvgIpc) is 3.35. The summed E-state index contributed by atoms with van der Waals surface area (Å²) in [6, 6.07) is 25.4. The number of H-pyrrole nitrogens is 1. The lowest BCUT2D eigenvalue weighted by molar-refractivity contribution is -0.152. The summed E-state index contributed by atoms with van der Waals surface area (Å²) in [5.41, 5.74) is 5.87. The van der Waals surface area contributed by atoms with Gasteiger partial charge in [-0.2, -0.15) is 0 Å². The highest BCUT2D eigenvalue weighted by Crippen LogP contribution is 2.20. The Morgan fingerprint density at radius 3 is 2.08 bits per heavy atom. The van der Waals surface area contributed by atoms with E-state index in [1.165, 1.54) is 0 Å². The second-order valence-electron chi connectivity index (χ2n) is 9.68. The van der Waals surface area contributed by atoms with E-state index in [1.54, 1.807) is 13.8 Å². The van der Waals surface area contributed by atoms with Crippen molar-refractivity contribution in [1.82, 2.24) is 15.8 Å². The van der Waals surface area contributed by atoms with Crippen molar-refractivity contribution >= 4 is 28.7 Å². The van der Waals surface area contributed by atoms with E-state index in [2.05, 4.69) is 15.8 Å². The van der Waals surface area contributed by atoms with Crippen molar-refractivity contribution in [1.29, 1.82) is 0 Å².